The van der Waals surface area contributed by atoms with Gasteiger partial charge in [0.25, 0.3) is 0 Å². The molecule has 130 valence electrons. The van der Waals surface area contributed by atoms with Crippen molar-refractivity contribution in [3.05, 3.63) is 57.1 Å². The highest BCUT2D eigenvalue weighted by Gasteiger charge is 2.20. The van der Waals surface area contributed by atoms with E-state index in [9.17, 15) is 15.4 Å². The molecule has 0 spiro atoms. The number of nitro groups is 1. The number of rotatable bonds is 5. The predicted octanol–water partition coefficient (Wildman–Crippen LogP) is 4.29. The molecule has 2 aromatic carbocycles. The van der Waals surface area contributed by atoms with Gasteiger partial charge < -0.3 is 9.47 Å². The molecule has 0 unspecified atom stereocenters. The summed E-state index contributed by atoms with van der Waals surface area (Å²) in [6.07, 6.45) is 1.53. The van der Waals surface area contributed by atoms with Gasteiger partial charge in [-0.05, 0) is 18.2 Å². The molecular weight excluding hydrogens is 354 g/mol. The van der Waals surface area contributed by atoms with Crippen LogP contribution in [0.5, 0.6) is 11.5 Å². The van der Waals surface area contributed by atoms with Crippen LogP contribution in [0.4, 0.5) is 5.69 Å². The number of hydrogen-bond donors (Lipinski definition) is 0. The first-order valence-electron chi connectivity index (χ1n) is 7.45. The van der Waals surface area contributed by atoms with Gasteiger partial charge in [-0.2, -0.15) is 5.26 Å². The first kappa shape index (κ1) is 17.4. The van der Waals surface area contributed by atoms with Crippen molar-refractivity contribution in [2.24, 2.45) is 0 Å². The number of thiazole rings is 1. The third-order valence-corrected chi connectivity index (χ3v) is 4.74. The summed E-state index contributed by atoms with van der Waals surface area (Å²) in [6.45, 7) is 0. The van der Waals surface area contributed by atoms with Crippen molar-refractivity contribution in [2.45, 2.75) is 0 Å². The largest absolute Gasteiger partial charge is 0.496 e. The van der Waals surface area contributed by atoms with Gasteiger partial charge in [-0.3, -0.25) is 10.1 Å². The fourth-order valence-corrected chi connectivity index (χ4v) is 3.38. The molecule has 0 N–H and O–H groups in total. The Hall–Kier alpha value is -3.44. The minimum Gasteiger partial charge on any atom is -0.496 e. The van der Waals surface area contributed by atoms with Crippen LogP contribution in [0.3, 0.4) is 0 Å². The second-order valence-electron chi connectivity index (χ2n) is 5.18. The van der Waals surface area contributed by atoms with E-state index in [2.05, 4.69) is 11.1 Å². The number of aromatic nitrogens is 1. The molecule has 7 nitrogen and oxygen atoms in total. The Balaban J connectivity index is 2.15. The molecule has 0 aliphatic heterocycles. The maximum Gasteiger partial charge on any atom is 0.311 e. The Kier molecular flexibility index (Phi) is 4.82. The molecule has 0 amide bonds. The number of nitriles is 1. The molecule has 1 heterocycles. The molecule has 0 bridgehead atoms. The maximum absolute atomic E-state index is 11.3. The number of fused-ring (bicyclic) bond motifs is 1. The Morgan fingerprint density at radius 2 is 2.00 bits per heavy atom. The fourth-order valence-electron chi connectivity index (χ4n) is 2.45. The van der Waals surface area contributed by atoms with Gasteiger partial charge in [-0.15, -0.1) is 11.3 Å². The molecule has 0 saturated heterocycles. The molecule has 1 aromatic heterocycles. The summed E-state index contributed by atoms with van der Waals surface area (Å²) in [5.41, 5.74) is 1.28. The first-order valence-corrected chi connectivity index (χ1v) is 8.27. The van der Waals surface area contributed by atoms with E-state index >= 15 is 0 Å². The maximum atomic E-state index is 11.3. The highest BCUT2D eigenvalue weighted by molar-refractivity contribution is 7.19. The van der Waals surface area contributed by atoms with Gasteiger partial charge in [0.1, 0.15) is 16.8 Å². The van der Waals surface area contributed by atoms with Crippen LogP contribution in [0.1, 0.15) is 10.6 Å². The number of nitrogens with zero attached hydrogens (tertiary/aromatic N) is 3. The van der Waals surface area contributed by atoms with Crippen LogP contribution in [0.15, 0.2) is 36.4 Å². The lowest BCUT2D eigenvalue weighted by atomic mass is 10.1. The van der Waals surface area contributed by atoms with E-state index in [0.29, 0.717) is 21.9 Å². The summed E-state index contributed by atoms with van der Waals surface area (Å²) in [5.74, 6) is 0.448. The fraction of sp³-hybridized carbons (Fsp3) is 0.111. The van der Waals surface area contributed by atoms with Crippen molar-refractivity contribution >= 4 is 38.9 Å². The van der Waals surface area contributed by atoms with E-state index in [0.717, 1.165) is 10.2 Å². The topological polar surface area (TPSA) is 98.3 Å². The molecule has 0 fully saturated rings. The van der Waals surface area contributed by atoms with Gasteiger partial charge >= 0.3 is 5.69 Å². The molecule has 3 rings (SSSR count). The molecular formula is C18H13N3O4S. The van der Waals surface area contributed by atoms with E-state index < -0.39 is 4.92 Å². The zero-order valence-corrected chi connectivity index (χ0v) is 14.7. The summed E-state index contributed by atoms with van der Waals surface area (Å²) in [6, 6.07) is 12.4. The van der Waals surface area contributed by atoms with Gasteiger partial charge in [0.15, 0.2) is 0 Å². The van der Waals surface area contributed by atoms with Gasteiger partial charge in [0.05, 0.1) is 34.9 Å². The van der Waals surface area contributed by atoms with Crippen LogP contribution < -0.4 is 9.47 Å². The quantitative estimate of drug-likeness (QED) is 0.379. The number of hydrogen-bond acceptors (Lipinski definition) is 7. The number of ether oxygens (including phenoxy) is 2. The zero-order chi connectivity index (χ0) is 18.7. The van der Waals surface area contributed by atoms with E-state index in [-0.39, 0.29) is 11.4 Å². The summed E-state index contributed by atoms with van der Waals surface area (Å²) in [7, 11) is 2.79. The average molecular weight is 367 g/mol. The number of benzene rings is 2. The lowest BCUT2D eigenvalue weighted by molar-refractivity contribution is -0.385. The predicted molar refractivity (Wildman–Crippen MR) is 99.3 cm³/mol. The van der Waals surface area contributed by atoms with Crippen molar-refractivity contribution in [2.75, 3.05) is 14.2 Å². The summed E-state index contributed by atoms with van der Waals surface area (Å²) in [5, 5.41) is 21.4. The lowest BCUT2D eigenvalue weighted by Gasteiger charge is -2.08. The van der Waals surface area contributed by atoms with Crippen molar-refractivity contribution < 1.29 is 14.4 Å². The molecule has 0 aliphatic rings. The smallest absolute Gasteiger partial charge is 0.311 e. The number of para-hydroxylation sites is 1. The van der Waals surface area contributed by atoms with E-state index in [1.54, 1.807) is 0 Å². The van der Waals surface area contributed by atoms with E-state index in [1.165, 1.54) is 43.8 Å². The van der Waals surface area contributed by atoms with Crippen LogP contribution in [-0.2, 0) is 0 Å². The SMILES string of the molecule is COc1cc(OC)c([N+](=O)[O-])cc1/C=C(/C#N)c1nc2ccccc2s1. The van der Waals surface area contributed by atoms with Crippen molar-refractivity contribution in [3.8, 4) is 17.6 Å². The number of allylic oxidation sites excluding steroid dienone is 1. The zero-order valence-electron chi connectivity index (χ0n) is 13.9. The Morgan fingerprint density at radius 3 is 2.62 bits per heavy atom. The second kappa shape index (κ2) is 7.21. The molecule has 3 aromatic rings. The van der Waals surface area contributed by atoms with Gasteiger partial charge in [0.2, 0.25) is 5.75 Å². The van der Waals surface area contributed by atoms with Crippen molar-refractivity contribution in [1.29, 1.82) is 5.26 Å². The van der Waals surface area contributed by atoms with Gasteiger partial charge in [-0.25, -0.2) is 4.98 Å². The molecule has 0 radical (unpaired) electrons. The lowest BCUT2D eigenvalue weighted by Crippen LogP contribution is -1.97. The second-order valence-corrected chi connectivity index (χ2v) is 6.21. The molecule has 26 heavy (non-hydrogen) atoms. The minimum atomic E-state index is -0.542. The number of methoxy groups -OCH3 is 2. The third-order valence-electron chi connectivity index (χ3n) is 3.67. The average Bonchev–Trinajstić information content (AvgIpc) is 3.09. The molecule has 8 heteroatoms. The van der Waals surface area contributed by atoms with Gasteiger partial charge in [-0.1, -0.05) is 12.1 Å². The van der Waals surface area contributed by atoms with Crippen molar-refractivity contribution in [3.63, 3.8) is 0 Å². The highest BCUT2D eigenvalue weighted by Crippen LogP contribution is 2.37. The summed E-state index contributed by atoms with van der Waals surface area (Å²) >= 11 is 1.38. The Labute approximate surface area is 152 Å². The standard InChI is InChI=1S/C18H13N3O4S/c1-24-15-9-16(25-2)14(21(22)23)8-11(15)7-12(10-19)18-20-13-5-3-4-6-17(13)26-18/h3-9H,1-2H3/b12-7-. The minimum absolute atomic E-state index is 0.0856. The normalized spacial score (nSPS) is 11.2. The van der Waals surface area contributed by atoms with E-state index in [1.807, 2.05) is 24.3 Å². The molecule has 0 aliphatic carbocycles. The Bertz CT molecular complexity index is 1030. The Morgan fingerprint density at radius 1 is 1.27 bits per heavy atom. The molecule has 0 atom stereocenters. The van der Waals surface area contributed by atoms with Crippen LogP contribution in [0.2, 0.25) is 0 Å². The third kappa shape index (κ3) is 3.20. The first-order chi connectivity index (χ1) is 12.6. The monoisotopic (exact) mass is 367 g/mol. The van der Waals surface area contributed by atoms with Gasteiger partial charge in [0, 0.05) is 17.7 Å². The van der Waals surface area contributed by atoms with Crippen LogP contribution in [-0.4, -0.2) is 24.1 Å². The number of nitro benzene ring substituents is 1. The molecule has 0 saturated carbocycles. The van der Waals surface area contributed by atoms with Crippen LogP contribution in [0, 0.1) is 21.4 Å². The van der Waals surface area contributed by atoms with E-state index in [4.69, 9.17) is 9.47 Å². The van der Waals surface area contributed by atoms with Crippen LogP contribution >= 0.6 is 11.3 Å². The highest BCUT2D eigenvalue weighted by atomic mass is 32.1. The summed E-state index contributed by atoms with van der Waals surface area (Å²) in [4.78, 5) is 15.2. The van der Waals surface area contributed by atoms with Crippen LogP contribution in [0.25, 0.3) is 21.9 Å². The van der Waals surface area contributed by atoms with Crippen molar-refractivity contribution in [1.82, 2.24) is 4.98 Å². The summed E-state index contributed by atoms with van der Waals surface area (Å²) < 4.78 is 11.3.